The van der Waals surface area contributed by atoms with E-state index in [2.05, 4.69) is 38.2 Å². The summed E-state index contributed by atoms with van der Waals surface area (Å²) >= 11 is 0. The van der Waals surface area contributed by atoms with Crippen LogP contribution in [0.2, 0.25) is 0 Å². The topological polar surface area (TPSA) is 12.0 Å². The van der Waals surface area contributed by atoms with Gasteiger partial charge in [-0.1, -0.05) is 19.1 Å². The molecule has 1 nitrogen and oxygen atoms in total. The van der Waals surface area contributed by atoms with E-state index in [1.807, 2.05) is 0 Å². The molecule has 0 amide bonds. The quantitative estimate of drug-likeness (QED) is 0.639. The monoisotopic (exact) mass is 151 g/mol. The van der Waals surface area contributed by atoms with Crippen LogP contribution in [0.25, 0.3) is 0 Å². The van der Waals surface area contributed by atoms with E-state index >= 15 is 0 Å². The molecule has 0 radical (unpaired) electrons. The predicted molar refractivity (Wildman–Crippen MR) is 49.3 cm³/mol. The van der Waals surface area contributed by atoms with Crippen molar-refractivity contribution in [2.45, 2.75) is 27.2 Å². The van der Waals surface area contributed by atoms with Gasteiger partial charge >= 0.3 is 0 Å². The maximum atomic E-state index is 3.35. The van der Waals surface area contributed by atoms with Crippen molar-refractivity contribution in [1.29, 1.82) is 0 Å². The lowest BCUT2D eigenvalue weighted by Gasteiger charge is -2.17. The average Bonchev–Trinajstić information content (AvgIpc) is 1.95. The number of likely N-dealkylation sites (N-methyl/N-ethyl adjacent to an activating group) is 1. The molecule has 0 saturated carbocycles. The Kier molecular flexibility index (Phi) is 2.75. The molecule has 62 valence electrons. The van der Waals surface area contributed by atoms with Crippen molar-refractivity contribution < 1.29 is 0 Å². The van der Waals surface area contributed by atoms with Crippen LogP contribution < -0.4 is 5.32 Å². The third kappa shape index (κ3) is 2.11. The molecule has 1 aliphatic carbocycles. The van der Waals surface area contributed by atoms with Gasteiger partial charge in [0.1, 0.15) is 0 Å². The number of allylic oxidation sites excluding steroid dienone is 3. The van der Waals surface area contributed by atoms with Crippen molar-refractivity contribution >= 4 is 0 Å². The minimum Gasteiger partial charge on any atom is -0.385 e. The van der Waals surface area contributed by atoms with Crippen LogP contribution in [0.15, 0.2) is 23.4 Å². The zero-order valence-corrected chi connectivity index (χ0v) is 7.65. The van der Waals surface area contributed by atoms with Gasteiger partial charge in [-0.3, -0.25) is 0 Å². The van der Waals surface area contributed by atoms with E-state index in [9.17, 15) is 0 Å². The predicted octanol–water partition coefficient (Wildman–Crippen LogP) is 2.47. The Morgan fingerprint density at radius 3 is 2.91 bits per heavy atom. The van der Waals surface area contributed by atoms with Gasteiger partial charge in [0.25, 0.3) is 0 Å². The second kappa shape index (κ2) is 3.61. The summed E-state index contributed by atoms with van der Waals surface area (Å²) in [5.41, 5.74) is 2.72. The van der Waals surface area contributed by atoms with Crippen LogP contribution >= 0.6 is 0 Å². The van der Waals surface area contributed by atoms with Gasteiger partial charge in [0.05, 0.1) is 0 Å². The molecule has 0 spiro atoms. The first-order valence-corrected chi connectivity index (χ1v) is 4.37. The lowest BCUT2D eigenvalue weighted by molar-refractivity contribution is 0.702. The van der Waals surface area contributed by atoms with Crippen molar-refractivity contribution in [2.75, 3.05) is 6.54 Å². The van der Waals surface area contributed by atoms with Gasteiger partial charge < -0.3 is 5.32 Å². The molecule has 1 rings (SSSR count). The zero-order chi connectivity index (χ0) is 8.27. The molecule has 0 aromatic heterocycles. The Morgan fingerprint density at radius 1 is 1.64 bits per heavy atom. The van der Waals surface area contributed by atoms with Gasteiger partial charge in [0.2, 0.25) is 0 Å². The second-order valence-corrected chi connectivity index (χ2v) is 3.21. The summed E-state index contributed by atoms with van der Waals surface area (Å²) in [7, 11) is 0. The minimum absolute atomic E-state index is 0.720. The van der Waals surface area contributed by atoms with Gasteiger partial charge in [-0.05, 0) is 31.8 Å². The summed E-state index contributed by atoms with van der Waals surface area (Å²) in [4.78, 5) is 0. The molecule has 0 aromatic carbocycles. The lowest BCUT2D eigenvalue weighted by atomic mass is 9.96. The van der Waals surface area contributed by atoms with Crippen LogP contribution in [0.3, 0.4) is 0 Å². The second-order valence-electron chi connectivity index (χ2n) is 3.21. The van der Waals surface area contributed by atoms with Crippen molar-refractivity contribution in [3.05, 3.63) is 23.4 Å². The highest BCUT2D eigenvalue weighted by Crippen LogP contribution is 2.19. The summed E-state index contributed by atoms with van der Waals surface area (Å²) in [6.45, 7) is 7.57. The first-order chi connectivity index (χ1) is 5.24. The molecule has 0 heterocycles. The highest BCUT2D eigenvalue weighted by molar-refractivity contribution is 5.31. The molecular weight excluding hydrogens is 134 g/mol. The summed E-state index contributed by atoms with van der Waals surface area (Å²) in [6, 6.07) is 0. The maximum Gasteiger partial charge on any atom is 0.0326 e. The number of rotatable bonds is 2. The van der Waals surface area contributed by atoms with E-state index in [0.29, 0.717) is 0 Å². The SMILES string of the molecule is CCNC1=CCC(C)C=C1C. The van der Waals surface area contributed by atoms with E-state index in [-0.39, 0.29) is 0 Å². The molecule has 1 unspecified atom stereocenters. The highest BCUT2D eigenvalue weighted by Gasteiger charge is 2.07. The van der Waals surface area contributed by atoms with Crippen LogP contribution in [-0.4, -0.2) is 6.54 Å². The molecule has 0 bridgehead atoms. The lowest BCUT2D eigenvalue weighted by Crippen LogP contribution is -2.16. The van der Waals surface area contributed by atoms with Gasteiger partial charge in [-0.15, -0.1) is 0 Å². The van der Waals surface area contributed by atoms with Crippen LogP contribution in [0.5, 0.6) is 0 Å². The highest BCUT2D eigenvalue weighted by atomic mass is 14.9. The smallest absolute Gasteiger partial charge is 0.0326 e. The molecule has 1 aliphatic rings. The Hall–Kier alpha value is -0.720. The molecule has 1 N–H and O–H groups in total. The molecule has 1 heteroatoms. The van der Waals surface area contributed by atoms with Crippen molar-refractivity contribution in [2.24, 2.45) is 5.92 Å². The standard InChI is InChI=1S/C10H17N/c1-4-11-10-6-5-8(2)7-9(10)3/h6-8,11H,4-5H2,1-3H3. The van der Waals surface area contributed by atoms with Crippen molar-refractivity contribution in [3.8, 4) is 0 Å². The van der Waals surface area contributed by atoms with E-state index in [4.69, 9.17) is 0 Å². The van der Waals surface area contributed by atoms with Crippen LogP contribution in [0.4, 0.5) is 0 Å². The van der Waals surface area contributed by atoms with E-state index in [0.717, 1.165) is 12.5 Å². The van der Waals surface area contributed by atoms with Gasteiger partial charge in [-0.25, -0.2) is 0 Å². The average molecular weight is 151 g/mol. The van der Waals surface area contributed by atoms with E-state index < -0.39 is 0 Å². The van der Waals surface area contributed by atoms with E-state index in [1.165, 1.54) is 17.7 Å². The molecule has 0 aromatic rings. The molecule has 0 saturated heterocycles. The first kappa shape index (κ1) is 8.38. The number of nitrogens with one attached hydrogen (secondary N) is 1. The van der Waals surface area contributed by atoms with Crippen LogP contribution in [-0.2, 0) is 0 Å². The molecule has 0 fully saturated rings. The molecular formula is C10H17N. The summed E-state index contributed by atoms with van der Waals surface area (Å²) in [5, 5.41) is 3.35. The molecule has 0 aliphatic heterocycles. The minimum atomic E-state index is 0.720. The fourth-order valence-electron chi connectivity index (χ4n) is 1.45. The molecule has 1 atom stereocenters. The number of hydrogen-bond donors (Lipinski definition) is 1. The van der Waals surface area contributed by atoms with Crippen LogP contribution in [0.1, 0.15) is 27.2 Å². The third-order valence-corrected chi connectivity index (χ3v) is 2.02. The van der Waals surface area contributed by atoms with Gasteiger partial charge in [-0.2, -0.15) is 0 Å². The Balaban J connectivity index is 2.61. The zero-order valence-electron chi connectivity index (χ0n) is 7.65. The molecule has 11 heavy (non-hydrogen) atoms. The Morgan fingerprint density at radius 2 is 2.36 bits per heavy atom. The summed E-state index contributed by atoms with van der Waals surface area (Å²) in [6.07, 6.45) is 5.81. The fraction of sp³-hybridized carbons (Fsp3) is 0.600. The van der Waals surface area contributed by atoms with E-state index in [1.54, 1.807) is 0 Å². The van der Waals surface area contributed by atoms with Crippen molar-refractivity contribution in [3.63, 3.8) is 0 Å². The van der Waals surface area contributed by atoms with Gasteiger partial charge in [0.15, 0.2) is 0 Å². The van der Waals surface area contributed by atoms with Crippen LogP contribution in [0, 0.1) is 5.92 Å². The summed E-state index contributed by atoms with van der Waals surface area (Å²) in [5.74, 6) is 0.720. The third-order valence-electron chi connectivity index (χ3n) is 2.02. The first-order valence-electron chi connectivity index (χ1n) is 4.37. The van der Waals surface area contributed by atoms with Gasteiger partial charge in [0, 0.05) is 12.2 Å². The van der Waals surface area contributed by atoms with Crippen molar-refractivity contribution in [1.82, 2.24) is 5.32 Å². The number of hydrogen-bond acceptors (Lipinski definition) is 1. The summed E-state index contributed by atoms with van der Waals surface area (Å²) < 4.78 is 0. The normalized spacial score (nSPS) is 24.1. The Labute approximate surface area is 69.2 Å². The maximum absolute atomic E-state index is 3.35. The Bertz CT molecular complexity index is 189. The fourth-order valence-corrected chi connectivity index (χ4v) is 1.45. The largest absolute Gasteiger partial charge is 0.385 e.